The van der Waals surface area contributed by atoms with Gasteiger partial charge in [-0.15, -0.1) is 0 Å². The minimum Gasteiger partial charge on any atom is -0.453 e. The largest absolute Gasteiger partial charge is 0.482 e. The van der Waals surface area contributed by atoms with Crippen LogP contribution in [-0.2, 0) is 20.5 Å². The van der Waals surface area contributed by atoms with E-state index in [0.29, 0.717) is 18.3 Å². The summed E-state index contributed by atoms with van der Waals surface area (Å²) in [5, 5.41) is 2.84. The van der Waals surface area contributed by atoms with Crippen LogP contribution in [0.2, 0.25) is 0 Å². The molecule has 0 aromatic heterocycles. The third-order valence-corrected chi connectivity index (χ3v) is 7.15. The van der Waals surface area contributed by atoms with Crippen molar-refractivity contribution >= 4 is 13.2 Å². The Morgan fingerprint density at radius 2 is 2.04 bits per heavy atom. The van der Waals surface area contributed by atoms with E-state index >= 15 is 0 Å². The van der Waals surface area contributed by atoms with Crippen LogP contribution >= 0.6 is 0 Å². The maximum Gasteiger partial charge on any atom is 0.482 e. The van der Waals surface area contributed by atoms with Crippen LogP contribution in [0, 0.1) is 23.1 Å². The molecule has 1 aromatic carbocycles. The van der Waals surface area contributed by atoms with Crippen LogP contribution in [-0.4, -0.2) is 38.0 Å². The van der Waals surface area contributed by atoms with Crippen LogP contribution < -0.4 is 5.32 Å². The molecule has 0 spiro atoms. The van der Waals surface area contributed by atoms with E-state index in [9.17, 15) is 9.18 Å². The zero-order valence-corrected chi connectivity index (χ0v) is 16.3. The first-order valence-electron chi connectivity index (χ1n) is 9.66. The van der Waals surface area contributed by atoms with Crippen molar-refractivity contribution in [1.29, 1.82) is 0 Å². The molecule has 1 amide bonds. The van der Waals surface area contributed by atoms with Crippen LogP contribution in [0.25, 0.3) is 0 Å². The molecule has 2 bridgehead atoms. The van der Waals surface area contributed by atoms with Crippen LogP contribution in [0.15, 0.2) is 24.3 Å². The first kappa shape index (κ1) is 18.8. The summed E-state index contributed by atoms with van der Waals surface area (Å²) in [6.07, 6.45) is 2.13. The molecule has 146 valence electrons. The topological polar surface area (TPSA) is 56.8 Å². The summed E-state index contributed by atoms with van der Waals surface area (Å²) in [7, 11) is 0.776. The van der Waals surface area contributed by atoms with Gasteiger partial charge < -0.3 is 19.4 Å². The molecule has 1 N–H and O–H groups in total. The highest BCUT2D eigenvalue weighted by Gasteiger charge is 2.68. The van der Waals surface area contributed by atoms with E-state index in [1.54, 1.807) is 12.1 Å². The number of carbonyl (C=O) groups is 1. The second kappa shape index (κ2) is 6.48. The highest BCUT2D eigenvalue weighted by molar-refractivity contribution is 6.47. The monoisotopic (exact) mass is 375 g/mol. The second-order valence-electron chi connectivity index (χ2n) is 8.91. The smallest absolute Gasteiger partial charge is 0.453 e. The molecular weight excluding hydrogens is 348 g/mol. The molecule has 5 rings (SSSR count). The molecule has 0 unspecified atom stereocenters. The Kier molecular flexibility index (Phi) is 4.50. The van der Waals surface area contributed by atoms with Gasteiger partial charge in [0.1, 0.15) is 5.82 Å². The molecule has 3 aliphatic carbocycles. The highest BCUT2D eigenvalue weighted by Crippen LogP contribution is 2.65. The lowest BCUT2D eigenvalue weighted by Gasteiger charge is -2.64. The fraction of sp³-hybridized carbons (Fsp3) is 0.650. The van der Waals surface area contributed by atoms with Gasteiger partial charge in [0.2, 0.25) is 0 Å². The van der Waals surface area contributed by atoms with Crippen LogP contribution in [0.5, 0.6) is 0 Å². The second-order valence-corrected chi connectivity index (χ2v) is 8.91. The number of alkyl carbamates (subject to hydrolysis) is 1. The Hall–Kier alpha value is -1.60. The predicted molar refractivity (Wildman–Crippen MR) is 99.5 cm³/mol. The fourth-order valence-corrected chi connectivity index (χ4v) is 5.37. The first-order chi connectivity index (χ1) is 12.7. The van der Waals surface area contributed by atoms with Crippen LogP contribution in [0.3, 0.4) is 0 Å². The number of ether oxygens (including phenoxy) is 1. The van der Waals surface area contributed by atoms with Crippen molar-refractivity contribution in [3.63, 3.8) is 0 Å². The molecule has 0 radical (unpaired) electrons. The first-order valence-corrected chi connectivity index (χ1v) is 9.66. The Bertz CT molecular complexity index is 727. The third-order valence-electron chi connectivity index (χ3n) is 7.15. The van der Waals surface area contributed by atoms with E-state index in [0.717, 1.165) is 12.0 Å². The van der Waals surface area contributed by atoms with Crippen molar-refractivity contribution in [1.82, 2.24) is 5.32 Å². The molecular formula is C20H27BFNO4. The van der Waals surface area contributed by atoms with Crippen LogP contribution in [0.4, 0.5) is 9.18 Å². The number of rotatable bonds is 4. The van der Waals surface area contributed by atoms with E-state index in [1.165, 1.54) is 25.7 Å². The van der Waals surface area contributed by atoms with Gasteiger partial charge in [-0.1, -0.05) is 26.0 Å². The number of nitrogens with one attached hydrogen (secondary N) is 1. The van der Waals surface area contributed by atoms with E-state index in [4.69, 9.17) is 14.0 Å². The Morgan fingerprint density at radius 3 is 2.67 bits per heavy atom. The number of benzene rings is 1. The molecule has 1 aromatic rings. The number of methoxy groups -OCH3 is 1. The molecule has 1 saturated heterocycles. The number of hydrogen-bond donors (Lipinski definition) is 1. The molecule has 4 fully saturated rings. The standard InChI is InChI=1S/C20H27BFNO4/c1-19(2)13-10-15(19)20(3)16(11-13)26-21(27-20)17(23-18(24)25-4)9-12-5-7-14(22)8-6-12/h5-8,13,15-17H,9-11H2,1-4H3,(H,23,24)/t13-,15-,16+,17-,20-/m0/s1. The minimum absolute atomic E-state index is 0.0365. The van der Waals surface area contributed by atoms with Crippen molar-refractivity contribution < 1.29 is 23.2 Å². The van der Waals surface area contributed by atoms with Crippen molar-refractivity contribution in [2.75, 3.05) is 7.11 Å². The molecule has 27 heavy (non-hydrogen) atoms. The Labute approximate surface area is 160 Å². The van der Waals surface area contributed by atoms with Gasteiger partial charge in [0.25, 0.3) is 0 Å². The van der Waals surface area contributed by atoms with Crippen molar-refractivity contribution in [3.8, 4) is 0 Å². The molecule has 1 heterocycles. The lowest BCUT2D eigenvalue weighted by atomic mass is 9.43. The quantitative estimate of drug-likeness (QED) is 0.820. The maximum atomic E-state index is 13.2. The summed E-state index contributed by atoms with van der Waals surface area (Å²) in [5.74, 6) is 0.408. The highest BCUT2D eigenvalue weighted by atomic mass is 19.1. The zero-order valence-electron chi connectivity index (χ0n) is 16.3. The summed E-state index contributed by atoms with van der Waals surface area (Å²) in [6.45, 7) is 6.77. The van der Waals surface area contributed by atoms with Gasteiger partial charge in [0.15, 0.2) is 0 Å². The molecule has 1 aliphatic heterocycles. The van der Waals surface area contributed by atoms with Crippen molar-refractivity contribution in [2.45, 2.75) is 57.7 Å². The predicted octanol–water partition coefficient (Wildman–Crippen LogP) is 3.36. The molecule has 5 nitrogen and oxygen atoms in total. The number of hydrogen-bond acceptors (Lipinski definition) is 4. The maximum absolute atomic E-state index is 13.2. The van der Waals surface area contributed by atoms with Gasteiger partial charge in [0.05, 0.1) is 24.8 Å². The lowest BCUT2D eigenvalue weighted by Crippen LogP contribution is -2.65. The minimum atomic E-state index is -0.556. The van der Waals surface area contributed by atoms with E-state index in [2.05, 4.69) is 26.1 Å². The summed E-state index contributed by atoms with van der Waals surface area (Å²) >= 11 is 0. The average molecular weight is 375 g/mol. The number of carbonyl (C=O) groups excluding carboxylic acids is 1. The van der Waals surface area contributed by atoms with Gasteiger partial charge in [-0.25, -0.2) is 9.18 Å². The Morgan fingerprint density at radius 1 is 1.33 bits per heavy atom. The third kappa shape index (κ3) is 3.05. The van der Waals surface area contributed by atoms with E-state index in [1.807, 2.05) is 0 Å². The van der Waals surface area contributed by atoms with Gasteiger partial charge in [-0.3, -0.25) is 0 Å². The molecule has 7 heteroatoms. The number of amides is 1. The molecule has 3 saturated carbocycles. The SMILES string of the molecule is COC(=O)N[C@@H](Cc1ccc(F)cc1)B1O[C@@H]2C[C@@H]3C[C@@H](C3(C)C)[C@]2(C)O1. The molecule has 5 atom stereocenters. The van der Waals surface area contributed by atoms with Gasteiger partial charge in [-0.2, -0.15) is 0 Å². The van der Waals surface area contributed by atoms with Gasteiger partial charge in [-0.05, 0) is 61.1 Å². The molecule has 4 aliphatic rings. The average Bonchev–Trinajstić information content (AvgIpc) is 2.99. The summed E-state index contributed by atoms with van der Waals surface area (Å²) in [5.41, 5.74) is 0.808. The summed E-state index contributed by atoms with van der Waals surface area (Å²) in [6, 6.07) is 6.26. The van der Waals surface area contributed by atoms with Crippen molar-refractivity contribution in [2.24, 2.45) is 17.3 Å². The van der Waals surface area contributed by atoms with E-state index in [-0.39, 0.29) is 22.9 Å². The van der Waals surface area contributed by atoms with Crippen molar-refractivity contribution in [3.05, 3.63) is 35.6 Å². The Balaban J connectivity index is 1.54. The summed E-state index contributed by atoms with van der Waals surface area (Å²) in [4.78, 5) is 11.9. The normalized spacial score (nSPS) is 34.4. The van der Waals surface area contributed by atoms with Crippen LogP contribution in [0.1, 0.15) is 39.2 Å². The van der Waals surface area contributed by atoms with Gasteiger partial charge in [0, 0.05) is 0 Å². The van der Waals surface area contributed by atoms with Gasteiger partial charge >= 0.3 is 13.2 Å². The zero-order chi connectivity index (χ0) is 19.4. The van der Waals surface area contributed by atoms with E-state index < -0.39 is 19.2 Å². The fourth-order valence-electron chi connectivity index (χ4n) is 5.37. The summed E-state index contributed by atoms with van der Waals surface area (Å²) < 4.78 is 30.8. The lowest BCUT2D eigenvalue weighted by molar-refractivity contribution is -0.199. The number of halogens is 1.